The fraction of sp³-hybridized carbons (Fsp3) is 0.312. The van der Waals surface area contributed by atoms with E-state index in [9.17, 15) is 4.79 Å². The molecule has 0 amide bonds. The number of hydrogen-bond donors (Lipinski definition) is 0. The highest BCUT2D eigenvalue weighted by Crippen LogP contribution is 2.26. The molecule has 4 heterocycles. The van der Waals surface area contributed by atoms with Crippen molar-refractivity contribution in [1.82, 2.24) is 24.7 Å². The highest BCUT2D eigenvalue weighted by Gasteiger charge is 2.22. The lowest BCUT2D eigenvalue weighted by atomic mass is 10.2. The summed E-state index contributed by atoms with van der Waals surface area (Å²) in [4.78, 5) is 29.1. The molecule has 0 atom stereocenters. The van der Waals surface area contributed by atoms with Crippen LogP contribution >= 0.6 is 11.6 Å². The Bertz CT molecular complexity index is 976. The van der Waals surface area contributed by atoms with E-state index in [1.165, 1.54) is 4.68 Å². The van der Waals surface area contributed by atoms with E-state index in [1.807, 2.05) is 6.07 Å². The van der Waals surface area contributed by atoms with Crippen LogP contribution in [0.1, 0.15) is 0 Å². The summed E-state index contributed by atoms with van der Waals surface area (Å²) in [5.41, 5.74) is 1.23. The van der Waals surface area contributed by atoms with Gasteiger partial charge in [-0.1, -0.05) is 11.6 Å². The third kappa shape index (κ3) is 2.78. The van der Waals surface area contributed by atoms with Gasteiger partial charge in [-0.3, -0.25) is 9.78 Å². The third-order valence-corrected chi connectivity index (χ3v) is 4.75. The van der Waals surface area contributed by atoms with E-state index in [2.05, 4.69) is 29.9 Å². The number of piperazine rings is 1. The number of pyridine rings is 1. The van der Waals surface area contributed by atoms with Gasteiger partial charge in [0.25, 0.3) is 5.56 Å². The van der Waals surface area contributed by atoms with Crippen molar-refractivity contribution in [1.29, 1.82) is 0 Å². The minimum Gasteiger partial charge on any atom is -0.365 e. The van der Waals surface area contributed by atoms with Crippen molar-refractivity contribution in [2.45, 2.75) is 0 Å². The Hall–Kier alpha value is -2.74. The fourth-order valence-electron chi connectivity index (χ4n) is 3.03. The van der Waals surface area contributed by atoms with Gasteiger partial charge < -0.3 is 9.80 Å². The molecular weight excluding hydrogens is 342 g/mol. The number of hydrogen-bond acceptors (Lipinski definition) is 7. The van der Waals surface area contributed by atoms with E-state index in [-0.39, 0.29) is 10.6 Å². The largest absolute Gasteiger partial charge is 0.365 e. The van der Waals surface area contributed by atoms with Crippen molar-refractivity contribution >= 4 is 34.0 Å². The molecule has 8 nitrogen and oxygen atoms in total. The average Bonchev–Trinajstić information content (AvgIpc) is 2.66. The van der Waals surface area contributed by atoms with Crippen molar-refractivity contribution in [3.8, 4) is 0 Å². The first-order valence-electron chi connectivity index (χ1n) is 7.91. The lowest BCUT2D eigenvalue weighted by Crippen LogP contribution is -2.47. The van der Waals surface area contributed by atoms with Gasteiger partial charge in [-0.15, -0.1) is 0 Å². The number of anilines is 2. The molecule has 3 aromatic heterocycles. The summed E-state index contributed by atoms with van der Waals surface area (Å²) in [5, 5.41) is 5.27. The second-order valence-corrected chi connectivity index (χ2v) is 6.21. The second-order valence-electron chi connectivity index (χ2n) is 5.84. The van der Waals surface area contributed by atoms with Crippen molar-refractivity contribution in [2.24, 2.45) is 7.05 Å². The Morgan fingerprint density at radius 3 is 2.64 bits per heavy atom. The van der Waals surface area contributed by atoms with Crippen LogP contribution in [0.4, 0.5) is 11.5 Å². The van der Waals surface area contributed by atoms with Crippen molar-refractivity contribution in [3.05, 3.63) is 46.4 Å². The molecule has 1 fully saturated rings. The van der Waals surface area contributed by atoms with Gasteiger partial charge in [-0.25, -0.2) is 14.6 Å². The molecule has 0 spiro atoms. The summed E-state index contributed by atoms with van der Waals surface area (Å²) in [5.74, 6) is 0.903. The van der Waals surface area contributed by atoms with Crippen LogP contribution in [0, 0.1) is 0 Å². The number of rotatable bonds is 2. The Labute approximate surface area is 148 Å². The molecule has 0 aliphatic carbocycles. The first-order chi connectivity index (χ1) is 12.1. The second kappa shape index (κ2) is 6.29. The molecule has 0 saturated carbocycles. The predicted molar refractivity (Wildman–Crippen MR) is 96.2 cm³/mol. The van der Waals surface area contributed by atoms with Gasteiger partial charge in [0.2, 0.25) is 0 Å². The number of aryl methyl sites for hydroxylation is 1. The maximum absolute atomic E-state index is 12.0. The summed E-state index contributed by atoms with van der Waals surface area (Å²) in [6, 6.07) is 1.93. The molecule has 1 saturated heterocycles. The summed E-state index contributed by atoms with van der Waals surface area (Å²) < 4.78 is 1.24. The number of fused-ring (bicyclic) bond motifs is 1. The zero-order valence-electron chi connectivity index (χ0n) is 13.6. The highest BCUT2D eigenvalue weighted by atomic mass is 35.5. The number of aromatic nitrogens is 5. The van der Waals surface area contributed by atoms with E-state index in [4.69, 9.17) is 11.6 Å². The van der Waals surface area contributed by atoms with E-state index >= 15 is 0 Å². The Morgan fingerprint density at radius 2 is 1.84 bits per heavy atom. The summed E-state index contributed by atoms with van der Waals surface area (Å²) in [7, 11) is 1.59. The summed E-state index contributed by atoms with van der Waals surface area (Å²) >= 11 is 6.21. The van der Waals surface area contributed by atoms with Crippen molar-refractivity contribution in [2.75, 3.05) is 36.0 Å². The third-order valence-electron chi connectivity index (χ3n) is 4.40. The maximum Gasteiger partial charge on any atom is 0.287 e. The molecule has 0 unspecified atom stereocenters. The lowest BCUT2D eigenvalue weighted by Gasteiger charge is -2.37. The molecule has 0 radical (unpaired) electrons. The summed E-state index contributed by atoms with van der Waals surface area (Å²) in [6.45, 7) is 2.98. The molecule has 1 aliphatic rings. The van der Waals surface area contributed by atoms with Crippen LogP contribution in [0.5, 0.6) is 0 Å². The molecule has 1 aliphatic heterocycles. The first-order valence-corrected chi connectivity index (χ1v) is 8.29. The van der Waals surface area contributed by atoms with E-state index in [1.54, 1.807) is 32.0 Å². The van der Waals surface area contributed by atoms with Gasteiger partial charge >= 0.3 is 0 Å². The molecule has 3 aromatic rings. The van der Waals surface area contributed by atoms with E-state index in [0.717, 1.165) is 42.9 Å². The number of nitrogens with zero attached hydrogens (tertiary/aromatic N) is 7. The normalized spacial score (nSPS) is 15.0. The lowest BCUT2D eigenvalue weighted by molar-refractivity contribution is 0.639. The molecule has 9 heteroatoms. The molecule has 0 N–H and O–H groups in total. The standard InChI is InChI=1S/C16H16ClN7O/c1-22-16(25)14(17)13(9-21-22)23-4-6-24(7-5-23)15-11-2-3-18-8-12(11)19-10-20-15/h2-3,8-10H,4-7H2,1H3. The van der Waals surface area contributed by atoms with Crippen LogP contribution < -0.4 is 15.4 Å². The Morgan fingerprint density at radius 1 is 1.08 bits per heavy atom. The van der Waals surface area contributed by atoms with Gasteiger partial charge in [0.1, 0.15) is 17.2 Å². The Balaban J connectivity index is 1.58. The van der Waals surface area contributed by atoms with Crippen molar-refractivity contribution in [3.63, 3.8) is 0 Å². The topological polar surface area (TPSA) is 80.0 Å². The van der Waals surface area contributed by atoms with Gasteiger partial charge in [-0.05, 0) is 6.07 Å². The zero-order valence-corrected chi connectivity index (χ0v) is 14.4. The SMILES string of the molecule is Cn1ncc(N2CCN(c3ncnc4cnccc34)CC2)c(Cl)c1=O. The zero-order chi connectivity index (χ0) is 17.4. The highest BCUT2D eigenvalue weighted by molar-refractivity contribution is 6.33. The maximum atomic E-state index is 12.0. The molecule has 25 heavy (non-hydrogen) atoms. The minimum atomic E-state index is -0.282. The minimum absolute atomic E-state index is 0.213. The van der Waals surface area contributed by atoms with Gasteiger partial charge in [0.05, 0.1) is 23.6 Å². The van der Waals surface area contributed by atoms with Crippen LogP contribution in [0.25, 0.3) is 10.9 Å². The summed E-state index contributed by atoms with van der Waals surface area (Å²) in [6.07, 6.45) is 6.69. The molecular formula is C16H16ClN7O. The Kier molecular flexibility index (Phi) is 3.96. The monoisotopic (exact) mass is 357 g/mol. The fourth-order valence-corrected chi connectivity index (χ4v) is 3.32. The first kappa shape index (κ1) is 15.8. The molecule has 0 bridgehead atoms. The molecule has 128 valence electrons. The van der Waals surface area contributed by atoms with Gasteiger partial charge in [0, 0.05) is 44.8 Å². The van der Waals surface area contributed by atoms with Gasteiger partial charge in [-0.2, -0.15) is 5.10 Å². The predicted octanol–water partition coefficient (Wildman–Crippen LogP) is 1.10. The van der Waals surface area contributed by atoms with Crippen LogP contribution in [0.2, 0.25) is 5.02 Å². The van der Waals surface area contributed by atoms with E-state index in [0.29, 0.717) is 5.69 Å². The van der Waals surface area contributed by atoms with Crippen molar-refractivity contribution < 1.29 is 0 Å². The van der Waals surface area contributed by atoms with Crippen LogP contribution in [0.15, 0.2) is 35.8 Å². The van der Waals surface area contributed by atoms with Crippen LogP contribution in [-0.4, -0.2) is 50.9 Å². The van der Waals surface area contributed by atoms with E-state index < -0.39 is 0 Å². The molecule has 0 aromatic carbocycles. The molecule has 4 rings (SSSR count). The number of halogens is 1. The van der Waals surface area contributed by atoms with Crippen LogP contribution in [0.3, 0.4) is 0 Å². The quantitative estimate of drug-likeness (QED) is 0.679. The van der Waals surface area contributed by atoms with Gasteiger partial charge in [0.15, 0.2) is 0 Å². The van der Waals surface area contributed by atoms with Crippen LogP contribution in [-0.2, 0) is 7.05 Å². The smallest absolute Gasteiger partial charge is 0.287 e. The average molecular weight is 358 g/mol.